The molecule has 0 spiro atoms. The number of hydrogen-bond acceptors (Lipinski definition) is 4. The topological polar surface area (TPSA) is 83.1 Å². The maximum Gasteiger partial charge on any atom is 0.261 e. The lowest BCUT2D eigenvalue weighted by Crippen LogP contribution is -2.14. The summed E-state index contributed by atoms with van der Waals surface area (Å²) < 4.78 is 14.8. The minimum Gasteiger partial charge on any atom is -0.289 e. The van der Waals surface area contributed by atoms with Gasteiger partial charge in [0.15, 0.2) is 5.65 Å². The number of pyridine rings is 1. The molecule has 3 rings (SSSR count). The first kappa shape index (κ1) is 12.7. The number of hydrogen-bond donors (Lipinski definition) is 1. The highest BCUT2D eigenvalue weighted by atomic mass is 19.1. The Balaban J connectivity index is 1.94. The molecule has 0 saturated heterocycles. The number of nitriles is 1. The number of nitrogens with zero attached hydrogens (tertiary/aromatic N) is 4. The lowest BCUT2D eigenvalue weighted by molar-refractivity contribution is 0.102. The third-order valence-electron chi connectivity index (χ3n) is 2.82. The Kier molecular flexibility index (Phi) is 3.04. The number of amides is 1. The molecule has 0 unspecified atom stereocenters. The molecule has 0 aliphatic heterocycles. The molecule has 7 heteroatoms. The van der Waals surface area contributed by atoms with E-state index in [4.69, 9.17) is 5.26 Å². The van der Waals surface area contributed by atoms with Gasteiger partial charge in [0, 0.05) is 0 Å². The predicted molar refractivity (Wildman–Crippen MR) is 72.1 cm³/mol. The number of carbonyl (C=O) groups is 1. The van der Waals surface area contributed by atoms with E-state index in [1.165, 1.54) is 22.7 Å². The molecule has 6 nitrogen and oxygen atoms in total. The van der Waals surface area contributed by atoms with Crippen LogP contribution in [0.5, 0.6) is 0 Å². The Morgan fingerprint density at radius 3 is 2.81 bits per heavy atom. The normalized spacial score (nSPS) is 10.3. The second kappa shape index (κ2) is 5.02. The quantitative estimate of drug-likeness (QED) is 0.778. The van der Waals surface area contributed by atoms with Gasteiger partial charge in [-0.2, -0.15) is 10.2 Å². The van der Waals surface area contributed by atoms with Gasteiger partial charge in [-0.25, -0.2) is 8.91 Å². The Labute approximate surface area is 118 Å². The average molecular weight is 281 g/mol. The molecule has 0 atom stereocenters. The zero-order chi connectivity index (χ0) is 14.8. The Hall–Kier alpha value is -3.27. The van der Waals surface area contributed by atoms with Crippen LogP contribution in [0.15, 0.2) is 42.5 Å². The van der Waals surface area contributed by atoms with Gasteiger partial charge in [0.1, 0.15) is 17.6 Å². The summed E-state index contributed by atoms with van der Waals surface area (Å²) in [7, 11) is 0. The fraction of sp³-hybridized carbons (Fsp3) is 0. The van der Waals surface area contributed by atoms with Crippen LogP contribution in [0.4, 0.5) is 10.3 Å². The van der Waals surface area contributed by atoms with Gasteiger partial charge in [0.2, 0.25) is 5.95 Å². The van der Waals surface area contributed by atoms with Crippen LogP contribution in [0.25, 0.3) is 5.65 Å². The van der Waals surface area contributed by atoms with Crippen molar-refractivity contribution in [1.29, 1.82) is 5.26 Å². The Morgan fingerprint density at radius 2 is 2.05 bits per heavy atom. The molecule has 0 radical (unpaired) electrons. The smallest absolute Gasteiger partial charge is 0.261 e. The van der Waals surface area contributed by atoms with Gasteiger partial charge in [-0.05, 0) is 24.3 Å². The van der Waals surface area contributed by atoms with Gasteiger partial charge in [-0.15, -0.1) is 5.10 Å². The van der Waals surface area contributed by atoms with Gasteiger partial charge >= 0.3 is 0 Å². The molecular weight excluding hydrogens is 273 g/mol. The summed E-state index contributed by atoms with van der Waals surface area (Å²) >= 11 is 0. The van der Waals surface area contributed by atoms with E-state index in [0.29, 0.717) is 5.65 Å². The van der Waals surface area contributed by atoms with Crippen molar-refractivity contribution >= 4 is 17.5 Å². The molecule has 1 aromatic carbocycles. The number of halogens is 1. The summed E-state index contributed by atoms with van der Waals surface area (Å²) in [5.41, 5.74) is 0.598. The van der Waals surface area contributed by atoms with Gasteiger partial charge in [-0.1, -0.05) is 18.2 Å². The van der Waals surface area contributed by atoms with Crippen LogP contribution in [0, 0.1) is 17.1 Å². The first-order valence-electron chi connectivity index (χ1n) is 6.01. The summed E-state index contributed by atoms with van der Waals surface area (Å²) in [6, 6.07) is 12.5. The van der Waals surface area contributed by atoms with Crippen LogP contribution in [-0.4, -0.2) is 20.5 Å². The summed E-state index contributed by atoms with van der Waals surface area (Å²) in [6.45, 7) is 0. The molecular formula is C14H8FN5O. The minimum absolute atomic E-state index is 0.00551. The highest BCUT2D eigenvalue weighted by Gasteiger charge is 2.14. The van der Waals surface area contributed by atoms with Gasteiger partial charge in [-0.3, -0.25) is 10.1 Å². The third-order valence-corrected chi connectivity index (χ3v) is 2.82. The highest BCUT2D eigenvalue weighted by Crippen LogP contribution is 2.11. The van der Waals surface area contributed by atoms with Crippen LogP contribution in [-0.2, 0) is 0 Å². The second-order valence-corrected chi connectivity index (χ2v) is 4.16. The summed E-state index contributed by atoms with van der Waals surface area (Å²) in [6.07, 6.45) is 0. The molecule has 0 aliphatic rings. The summed E-state index contributed by atoms with van der Waals surface area (Å²) in [5.74, 6) is -1.27. The molecule has 3 aromatic rings. The van der Waals surface area contributed by atoms with E-state index in [2.05, 4.69) is 15.4 Å². The highest BCUT2D eigenvalue weighted by molar-refractivity contribution is 6.03. The summed E-state index contributed by atoms with van der Waals surface area (Å²) in [5, 5.41) is 15.4. The molecule has 0 bridgehead atoms. The lowest BCUT2D eigenvalue weighted by atomic mass is 10.2. The number of fused-ring (bicyclic) bond motifs is 1. The molecule has 102 valence electrons. The number of aromatic nitrogens is 3. The number of benzene rings is 1. The van der Waals surface area contributed by atoms with E-state index < -0.39 is 11.7 Å². The SMILES string of the molecule is N#Cc1cccc2nc(NC(=O)c3ccccc3F)nn12. The lowest BCUT2D eigenvalue weighted by Gasteiger charge is -2.01. The second-order valence-electron chi connectivity index (χ2n) is 4.16. The van der Waals surface area contributed by atoms with Crippen molar-refractivity contribution in [2.75, 3.05) is 5.32 Å². The molecule has 0 aliphatic carbocycles. The van der Waals surface area contributed by atoms with E-state index >= 15 is 0 Å². The minimum atomic E-state index is -0.650. The maximum atomic E-state index is 13.5. The molecule has 0 saturated carbocycles. The molecule has 21 heavy (non-hydrogen) atoms. The first-order chi connectivity index (χ1) is 10.2. The van der Waals surface area contributed by atoms with Crippen molar-refractivity contribution in [2.45, 2.75) is 0 Å². The van der Waals surface area contributed by atoms with Gasteiger partial charge < -0.3 is 0 Å². The Morgan fingerprint density at radius 1 is 1.24 bits per heavy atom. The zero-order valence-corrected chi connectivity index (χ0v) is 10.6. The van der Waals surface area contributed by atoms with Crippen LogP contribution in [0.1, 0.15) is 16.1 Å². The average Bonchev–Trinajstić information content (AvgIpc) is 2.89. The van der Waals surface area contributed by atoms with Crippen molar-refractivity contribution in [3.8, 4) is 6.07 Å². The van der Waals surface area contributed by atoms with Crippen LogP contribution in [0.3, 0.4) is 0 Å². The number of nitrogens with one attached hydrogen (secondary N) is 1. The van der Waals surface area contributed by atoms with Crippen molar-refractivity contribution in [2.24, 2.45) is 0 Å². The van der Waals surface area contributed by atoms with E-state index in [9.17, 15) is 9.18 Å². The van der Waals surface area contributed by atoms with Crippen molar-refractivity contribution in [3.05, 3.63) is 59.5 Å². The largest absolute Gasteiger partial charge is 0.289 e. The molecule has 2 aromatic heterocycles. The van der Waals surface area contributed by atoms with E-state index in [0.717, 1.165) is 0 Å². The number of rotatable bonds is 2. The molecule has 1 amide bonds. The first-order valence-corrected chi connectivity index (χ1v) is 6.01. The monoisotopic (exact) mass is 281 g/mol. The van der Waals surface area contributed by atoms with Crippen LogP contribution in [0.2, 0.25) is 0 Å². The summed E-state index contributed by atoms with van der Waals surface area (Å²) in [4.78, 5) is 16.0. The van der Waals surface area contributed by atoms with Gasteiger partial charge in [0.05, 0.1) is 5.56 Å². The molecule has 1 N–H and O–H groups in total. The number of carbonyl (C=O) groups excluding carboxylic acids is 1. The standard InChI is InChI=1S/C14H8FN5O/c15-11-6-2-1-5-10(11)13(21)18-14-17-12-7-3-4-9(8-16)20(12)19-14/h1-7H,(H,18,19,21). The fourth-order valence-corrected chi connectivity index (χ4v) is 1.86. The fourth-order valence-electron chi connectivity index (χ4n) is 1.86. The van der Waals surface area contributed by atoms with Crippen LogP contribution >= 0.6 is 0 Å². The maximum absolute atomic E-state index is 13.5. The predicted octanol–water partition coefficient (Wildman–Crippen LogP) is 1.99. The van der Waals surface area contributed by atoms with E-state index in [1.807, 2.05) is 6.07 Å². The Bertz CT molecular complexity index is 880. The molecule has 2 heterocycles. The third kappa shape index (κ3) is 2.30. The number of anilines is 1. The van der Waals surface area contributed by atoms with Crippen LogP contribution < -0.4 is 5.32 Å². The van der Waals surface area contributed by atoms with Crippen molar-refractivity contribution < 1.29 is 9.18 Å². The van der Waals surface area contributed by atoms with Crippen molar-refractivity contribution in [1.82, 2.24) is 14.6 Å². The van der Waals surface area contributed by atoms with E-state index in [-0.39, 0.29) is 17.2 Å². The molecule has 0 fully saturated rings. The van der Waals surface area contributed by atoms with Crippen molar-refractivity contribution in [3.63, 3.8) is 0 Å². The van der Waals surface area contributed by atoms with E-state index in [1.54, 1.807) is 24.3 Å². The van der Waals surface area contributed by atoms with Gasteiger partial charge in [0.25, 0.3) is 5.91 Å². The zero-order valence-electron chi connectivity index (χ0n) is 10.6.